The van der Waals surface area contributed by atoms with E-state index >= 15 is 0 Å². The van der Waals surface area contributed by atoms with Crippen molar-refractivity contribution in [3.63, 3.8) is 0 Å². The molecule has 5 N–H and O–H groups in total. The molecular formula is C19H24BN3O5S. The number of carbonyl (C=O) groups excluding carboxylic acids is 1. The molecule has 0 saturated heterocycles. The van der Waals surface area contributed by atoms with Gasteiger partial charge in [0.2, 0.25) is 5.91 Å². The highest BCUT2D eigenvalue weighted by Gasteiger charge is 2.28. The lowest BCUT2D eigenvalue weighted by atomic mass is 9.79. The third kappa shape index (κ3) is 5.09. The molecule has 0 aliphatic carbocycles. The first-order valence-electron chi connectivity index (χ1n) is 9.26. The Morgan fingerprint density at radius 3 is 2.76 bits per heavy atom. The van der Waals surface area contributed by atoms with Gasteiger partial charge in [-0.3, -0.25) is 9.52 Å². The van der Waals surface area contributed by atoms with Gasteiger partial charge in [-0.05, 0) is 52.8 Å². The quantitative estimate of drug-likeness (QED) is 0.386. The second-order valence-corrected chi connectivity index (χ2v) is 9.08. The van der Waals surface area contributed by atoms with Crippen molar-refractivity contribution in [2.45, 2.75) is 31.8 Å². The van der Waals surface area contributed by atoms with Gasteiger partial charge in [-0.2, -0.15) is 0 Å². The van der Waals surface area contributed by atoms with Gasteiger partial charge in [0.05, 0.1) is 17.9 Å². The molecule has 1 amide bonds. The number of anilines is 2. The number of nitrogen functional groups attached to an aromatic ring is 1. The first kappa shape index (κ1) is 21.2. The number of fused-ring (bicyclic) bond motifs is 1. The van der Waals surface area contributed by atoms with Crippen molar-refractivity contribution in [2.75, 3.05) is 17.0 Å². The summed E-state index contributed by atoms with van der Waals surface area (Å²) < 4.78 is 33.6. The summed E-state index contributed by atoms with van der Waals surface area (Å²) in [6, 6.07) is 9.19. The SMILES string of the molecule is CC(C)CNC(=O)Cc1cc(N)ccc1S(=O)(=O)Nc1ccc2c(c1)B(O)OC2. The van der Waals surface area contributed by atoms with Crippen molar-refractivity contribution in [1.29, 1.82) is 0 Å². The third-order valence-corrected chi connectivity index (χ3v) is 5.98. The van der Waals surface area contributed by atoms with Crippen LogP contribution in [0.15, 0.2) is 41.3 Å². The monoisotopic (exact) mass is 417 g/mol. The van der Waals surface area contributed by atoms with Crippen LogP contribution in [0.2, 0.25) is 0 Å². The fourth-order valence-corrected chi connectivity index (χ4v) is 4.31. The summed E-state index contributed by atoms with van der Waals surface area (Å²) >= 11 is 0. The van der Waals surface area contributed by atoms with Gasteiger partial charge >= 0.3 is 7.12 Å². The Morgan fingerprint density at radius 2 is 2.03 bits per heavy atom. The summed E-state index contributed by atoms with van der Waals surface area (Å²) in [5, 5.41) is 12.6. The molecule has 3 rings (SSSR count). The van der Waals surface area contributed by atoms with Gasteiger partial charge in [-0.25, -0.2) is 8.42 Å². The van der Waals surface area contributed by atoms with Gasteiger partial charge in [0.25, 0.3) is 10.0 Å². The molecule has 0 bridgehead atoms. The lowest BCUT2D eigenvalue weighted by molar-refractivity contribution is -0.120. The Labute approximate surface area is 170 Å². The van der Waals surface area contributed by atoms with E-state index < -0.39 is 17.1 Å². The smallest absolute Gasteiger partial charge is 0.423 e. The fraction of sp³-hybridized carbons (Fsp3) is 0.316. The average Bonchev–Trinajstić information content (AvgIpc) is 3.00. The first-order valence-corrected chi connectivity index (χ1v) is 10.7. The number of carbonyl (C=O) groups is 1. The van der Waals surface area contributed by atoms with Gasteiger partial charge in [0.15, 0.2) is 0 Å². The number of rotatable bonds is 7. The predicted molar refractivity (Wildman–Crippen MR) is 112 cm³/mol. The Kier molecular flexibility index (Phi) is 6.16. The molecule has 0 spiro atoms. The molecule has 0 saturated carbocycles. The summed E-state index contributed by atoms with van der Waals surface area (Å²) in [7, 11) is -5.06. The fourth-order valence-electron chi connectivity index (χ4n) is 3.04. The average molecular weight is 417 g/mol. The lowest BCUT2D eigenvalue weighted by Gasteiger charge is -2.14. The predicted octanol–water partition coefficient (Wildman–Crippen LogP) is 0.602. The minimum Gasteiger partial charge on any atom is -0.423 e. The highest BCUT2D eigenvalue weighted by Crippen LogP contribution is 2.23. The van der Waals surface area contributed by atoms with Crippen LogP contribution in [-0.2, 0) is 32.5 Å². The second-order valence-electron chi connectivity index (χ2n) is 7.42. The Morgan fingerprint density at radius 1 is 1.28 bits per heavy atom. The number of hydrogen-bond donors (Lipinski definition) is 4. The molecule has 0 atom stereocenters. The van der Waals surface area contributed by atoms with E-state index in [0.717, 1.165) is 5.56 Å². The molecule has 2 aromatic carbocycles. The van der Waals surface area contributed by atoms with Crippen LogP contribution >= 0.6 is 0 Å². The first-order chi connectivity index (χ1) is 13.7. The van der Waals surface area contributed by atoms with Crippen molar-refractivity contribution >= 4 is 39.9 Å². The van der Waals surface area contributed by atoms with Crippen molar-refractivity contribution < 1.29 is 22.9 Å². The molecule has 10 heteroatoms. The van der Waals surface area contributed by atoms with Gasteiger partial charge < -0.3 is 20.7 Å². The van der Waals surface area contributed by atoms with Gasteiger partial charge in [0, 0.05) is 17.9 Å². The largest absolute Gasteiger partial charge is 0.491 e. The molecule has 0 unspecified atom stereocenters. The lowest BCUT2D eigenvalue weighted by Crippen LogP contribution is -2.30. The van der Waals surface area contributed by atoms with Crippen LogP contribution in [0.3, 0.4) is 0 Å². The van der Waals surface area contributed by atoms with Crippen LogP contribution in [0, 0.1) is 5.92 Å². The van der Waals surface area contributed by atoms with Gasteiger partial charge in [-0.15, -0.1) is 0 Å². The Bertz CT molecular complexity index is 1030. The Hall–Kier alpha value is -2.56. The number of nitrogens with two attached hydrogens (primary N) is 1. The molecule has 0 radical (unpaired) electrons. The molecule has 1 aliphatic heterocycles. The van der Waals surface area contributed by atoms with Crippen LogP contribution in [0.1, 0.15) is 25.0 Å². The molecule has 2 aromatic rings. The Balaban J connectivity index is 1.85. The van der Waals surface area contributed by atoms with E-state index in [2.05, 4.69) is 10.0 Å². The summed E-state index contributed by atoms with van der Waals surface area (Å²) in [4.78, 5) is 12.2. The summed E-state index contributed by atoms with van der Waals surface area (Å²) in [5.74, 6) is 0.00218. The molecule has 8 nitrogen and oxygen atoms in total. The topological polar surface area (TPSA) is 131 Å². The summed E-state index contributed by atoms with van der Waals surface area (Å²) in [6.45, 7) is 4.72. The number of sulfonamides is 1. The molecule has 1 heterocycles. The van der Waals surface area contributed by atoms with Crippen molar-refractivity contribution in [3.05, 3.63) is 47.5 Å². The normalized spacial score (nSPS) is 13.4. The standard InChI is InChI=1S/C19H24BN3O5S/c1-12(2)10-22-19(24)8-14-7-15(21)4-6-18(14)29(26,27)23-16-5-3-13-11-28-20(25)17(13)9-16/h3-7,9,12,23,25H,8,10-11,21H2,1-2H3,(H,22,24). The van der Waals surface area contributed by atoms with Crippen molar-refractivity contribution in [2.24, 2.45) is 5.92 Å². The molecular weight excluding hydrogens is 393 g/mol. The summed E-state index contributed by atoms with van der Waals surface area (Å²) in [6.07, 6.45) is -0.106. The molecule has 29 heavy (non-hydrogen) atoms. The zero-order valence-corrected chi connectivity index (χ0v) is 17.1. The van der Waals surface area contributed by atoms with Crippen LogP contribution in [-0.4, -0.2) is 33.0 Å². The van der Waals surface area contributed by atoms with E-state index in [1.54, 1.807) is 12.1 Å². The molecule has 0 aromatic heterocycles. The minimum absolute atomic E-state index is 0.0244. The molecule has 0 fully saturated rings. The van der Waals surface area contributed by atoms with Crippen molar-refractivity contribution in [1.82, 2.24) is 5.32 Å². The maximum absolute atomic E-state index is 13.0. The second kappa shape index (κ2) is 8.44. The zero-order chi connectivity index (χ0) is 21.2. The van der Waals surface area contributed by atoms with Crippen molar-refractivity contribution in [3.8, 4) is 0 Å². The van der Waals surface area contributed by atoms with E-state index in [1.807, 2.05) is 13.8 Å². The van der Waals surface area contributed by atoms with Gasteiger partial charge in [-0.1, -0.05) is 19.9 Å². The maximum Gasteiger partial charge on any atom is 0.491 e. The van der Waals surface area contributed by atoms with E-state index in [-0.39, 0.29) is 29.7 Å². The zero-order valence-electron chi connectivity index (χ0n) is 16.3. The van der Waals surface area contributed by atoms with Crippen LogP contribution in [0.5, 0.6) is 0 Å². The minimum atomic E-state index is -3.98. The van der Waals surface area contributed by atoms with E-state index in [0.29, 0.717) is 28.9 Å². The van der Waals surface area contributed by atoms with E-state index in [4.69, 9.17) is 10.4 Å². The number of benzene rings is 2. The van der Waals surface area contributed by atoms with Crippen LogP contribution in [0.4, 0.5) is 11.4 Å². The number of nitrogens with one attached hydrogen (secondary N) is 2. The van der Waals surface area contributed by atoms with Crippen LogP contribution < -0.4 is 21.2 Å². The third-order valence-electron chi connectivity index (χ3n) is 4.49. The van der Waals surface area contributed by atoms with E-state index in [9.17, 15) is 18.2 Å². The van der Waals surface area contributed by atoms with E-state index in [1.165, 1.54) is 24.3 Å². The highest BCUT2D eigenvalue weighted by molar-refractivity contribution is 7.92. The van der Waals surface area contributed by atoms with Crippen LogP contribution in [0.25, 0.3) is 0 Å². The van der Waals surface area contributed by atoms with Gasteiger partial charge in [0.1, 0.15) is 0 Å². The maximum atomic E-state index is 13.0. The highest BCUT2D eigenvalue weighted by atomic mass is 32.2. The molecule has 1 aliphatic rings. The number of hydrogen-bond acceptors (Lipinski definition) is 6. The number of amides is 1. The molecule has 154 valence electrons. The summed E-state index contributed by atoms with van der Waals surface area (Å²) in [5.41, 5.74) is 8.10.